The maximum Gasteiger partial charge on any atom is 0.232 e. The van der Waals surface area contributed by atoms with E-state index in [1.165, 1.54) is 0 Å². The van der Waals surface area contributed by atoms with Crippen LogP contribution < -0.4 is 5.32 Å². The van der Waals surface area contributed by atoms with E-state index in [4.69, 9.17) is 4.42 Å². The molecule has 6 heteroatoms. The van der Waals surface area contributed by atoms with E-state index in [0.29, 0.717) is 0 Å². The molecule has 1 atom stereocenters. The maximum absolute atomic E-state index is 11.8. The quantitative estimate of drug-likeness (QED) is 0.849. The molecule has 2 rings (SSSR count). The highest BCUT2D eigenvalue weighted by atomic mass is 32.2. The van der Waals surface area contributed by atoms with E-state index in [2.05, 4.69) is 10.3 Å². The van der Waals surface area contributed by atoms with Crippen LogP contribution in [0.2, 0.25) is 0 Å². The van der Waals surface area contributed by atoms with E-state index in [0.717, 1.165) is 35.2 Å². The summed E-state index contributed by atoms with van der Waals surface area (Å²) < 4.78 is 5.32. The zero-order valence-corrected chi connectivity index (χ0v) is 13.2. The predicted molar refractivity (Wildman–Crippen MR) is 83.9 cm³/mol. The third kappa shape index (κ3) is 4.11. The van der Waals surface area contributed by atoms with Gasteiger partial charge in [-0.3, -0.25) is 4.79 Å². The number of rotatable bonds is 7. The van der Waals surface area contributed by atoms with Gasteiger partial charge in [0.2, 0.25) is 5.91 Å². The van der Waals surface area contributed by atoms with Gasteiger partial charge in [-0.05, 0) is 25.5 Å². The van der Waals surface area contributed by atoms with Crippen LogP contribution in [0.1, 0.15) is 26.0 Å². The van der Waals surface area contributed by atoms with Crippen LogP contribution in [-0.4, -0.2) is 22.7 Å². The molecule has 0 bridgehead atoms. The fourth-order valence-corrected chi connectivity index (χ4v) is 3.26. The largest absolute Gasteiger partial charge is 0.462 e. The van der Waals surface area contributed by atoms with Gasteiger partial charge in [-0.2, -0.15) is 0 Å². The molecule has 0 spiro atoms. The van der Waals surface area contributed by atoms with Crippen molar-refractivity contribution in [3.05, 3.63) is 29.5 Å². The Kier molecular flexibility index (Phi) is 5.67. The Bertz CT molecular complexity index is 537. The highest BCUT2D eigenvalue weighted by Crippen LogP contribution is 2.26. The minimum absolute atomic E-state index is 0.0599. The Morgan fingerprint density at radius 3 is 3.15 bits per heavy atom. The number of furan rings is 1. The fraction of sp³-hybridized carbons (Fsp3) is 0.429. The van der Waals surface area contributed by atoms with Gasteiger partial charge in [0.05, 0.1) is 17.2 Å². The number of thiazole rings is 1. The van der Waals surface area contributed by atoms with Crippen molar-refractivity contribution in [2.75, 3.05) is 6.54 Å². The Morgan fingerprint density at radius 1 is 1.60 bits per heavy atom. The molecule has 0 saturated carbocycles. The van der Waals surface area contributed by atoms with Crippen molar-refractivity contribution in [3.8, 4) is 10.8 Å². The molecule has 108 valence electrons. The Hall–Kier alpha value is -1.27. The molecule has 20 heavy (non-hydrogen) atoms. The summed E-state index contributed by atoms with van der Waals surface area (Å²) in [6.07, 6.45) is 2.60. The van der Waals surface area contributed by atoms with Gasteiger partial charge in [0.1, 0.15) is 0 Å². The molecule has 0 aliphatic carbocycles. The maximum atomic E-state index is 11.8. The minimum Gasteiger partial charge on any atom is -0.462 e. The molecular weight excluding hydrogens is 292 g/mol. The first kappa shape index (κ1) is 15.1. The second-order valence-electron chi connectivity index (χ2n) is 4.37. The van der Waals surface area contributed by atoms with Crippen molar-refractivity contribution in [3.63, 3.8) is 0 Å². The summed E-state index contributed by atoms with van der Waals surface area (Å²) in [5.41, 5.74) is 0.988. The molecule has 4 nitrogen and oxygen atoms in total. The number of carbonyl (C=O) groups excluding carboxylic acids is 1. The molecule has 0 saturated heterocycles. The molecule has 2 heterocycles. The number of hydrogen-bond donors (Lipinski definition) is 1. The molecule has 0 aliphatic rings. The van der Waals surface area contributed by atoms with Gasteiger partial charge in [0, 0.05) is 17.7 Å². The summed E-state index contributed by atoms with van der Waals surface area (Å²) in [5, 5.41) is 5.74. The van der Waals surface area contributed by atoms with E-state index in [1.807, 2.05) is 31.4 Å². The third-order valence-electron chi connectivity index (χ3n) is 2.68. The van der Waals surface area contributed by atoms with Crippen molar-refractivity contribution in [2.45, 2.75) is 31.3 Å². The molecule has 0 unspecified atom stereocenters. The van der Waals surface area contributed by atoms with Crippen LogP contribution >= 0.6 is 23.1 Å². The normalized spacial score (nSPS) is 12.3. The number of carbonyl (C=O) groups is 1. The predicted octanol–water partition coefficient (Wildman–Crippen LogP) is 3.55. The molecule has 0 aromatic carbocycles. The Labute approximate surface area is 127 Å². The highest BCUT2D eigenvalue weighted by molar-refractivity contribution is 7.99. The van der Waals surface area contributed by atoms with Gasteiger partial charge < -0.3 is 9.73 Å². The van der Waals surface area contributed by atoms with Crippen LogP contribution in [0, 0.1) is 0 Å². The second kappa shape index (κ2) is 7.50. The van der Waals surface area contributed by atoms with Crippen LogP contribution in [0.15, 0.2) is 28.2 Å². The van der Waals surface area contributed by atoms with Gasteiger partial charge in [0.25, 0.3) is 0 Å². The lowest BCUT2D eigenvalue weighted by molar-refractivity contribution is -0.120. The standard InChI is InChI=1S/C14H18N2O2S2/c1-3-6-15-13(17)10(2)19-8-11-9-20-14(16-11)12-5-4-7-18-12/h4-5,7,9-10H,3,6,8H2,1-2H3,(H,15,17)/t10-/m1/s1. The number of nitrogens with zero attached hydrogens (tertiary/aromatic N) is 1. The first-order valence-corrected chi connectivity index (χ1v) is 8.51. The van der Waals surface area contributed by atoms with Crippen molar-refractivity contribution in [2.24, 2.45) is 0 Å². The molecule has 0 fully saturated rings. The number of aromatic nitrogens is 1. The summed E-state index contributed by atoms with van der Waals surface area (Å²) >= 11 is 3.16. The highest BCUT2D eigenvalue weighted by Gasteiger charge is 2.14. The smallest absolute Gasteiger partial charge is 0.232 e. The Balaban J connectivity index is 1.84. The second-order valence-corrected chi connectivity index (χ2v) is 6.55. The molecule has 2 aromatic heterocycles. The average molecular weight is 310 g/mol. The van der Waals surface area contributed by atoms with Crippen LogP contribution in [0.5, 0.6) is 0 Å². The number of thioether (sulfide) groups is 1. The lowest BCUT2D eigenvalue weighted by Gasteiger charge is -2.10. The Morgan fingerprint density at radius 2 is 2.45 bits per heavy atom. The van der Waals surface area contributed by atoms with Crippen LogP contribution in [-0.2, 0) is 10.5 Å². The summed E-state index contributed by atoms with van der Waals surface area (Å²) in [7, 11) is 0. The van der Waals surface area contributed by atoms with Crippen LogP contribution in [0.25, 0.3) is 10.8 Å². The van der Waals surface area contributed by atoms with E-state index in [9.17, 15) is 4.79 Å². The molecule has 0 aliphatic heterocycles. The van der Waals surface area contributed by atoms with E-state index in [-0.39, 0.29) is 11.2 Å². The summed E-state index contributed by atoms with van der Waals surface area (Å²) in [6.45, 7) is 4.71. The minimum atomic E-state index is -0.0599. The lowest BCUT2D eigenvalue weighted by atomic mass is 10.4. The SMILES string of the molecule is CCCNC(=O)[C@@H](C)SCc1csc(-c2ccco2)n1. The monoisotopic (exact) mass is 310 g/mol. The third-order valence-corrected chi connectivity index (χ3v) is 4.77. The lowest BCUT2D eigenvalue weighted by Crippen LogP contribution is -2.31. The number of hydrogen-bond acceptors (Lipinski definition) is 5. The zero-order chi connectivity index (χ0) is 14.4. The fourth-order valence-electron chi connectivity index (χ4n) is 1.56. The van der Waals surface area contributed by atoms with Gasteiger partial charge in [-0.1, -0.05) is 6.92 Å². The van der Waals surface area contributed by atoms with Gasteiger partial charge in [-0.25, -0.2) is 4.98 Å². The van der Waals surface area contributed by atoms with Crippen molar-refractivity contribution in [1.29, 1.82) is 0 Å². The number of nitrogens with one attached hydrogen (secondary N) is 1. The van der Waals surface area contributed by atoms with Gasteiger partial charge in [-0.15, -0.1) is 23.1 Å². The van der Waals surface area contributed by atoms with Crippen LogP contribution in [0.4, 0.5) is 0 Å². The zero-order valence-electron chi connectivity index (χ0n) is 11.6. The van der Waals surface area contributed by atoms with Gasteiger partial charge >= 0.3 is 0 Å². The topological polar surface area (TPSA) is 55.1 Å². The first-order valence-electron chi connectivity index (χ1n) is 6.58. The van der Waals surface area contributed by atoms with E-state index in [1.54, 1.807) is 29.4 Å². The van der Waals surface area contributed by atoms with E-state index < -0.39 is 0 Å². The average Bonchev–Trinajstić information content (AvgIpc) is 3.12. The van der Waals surface area contributed by atoms with E-state index >= 15 is 0 Å². The molecule has 1 amide bonds. The van der Waals surface area contributed by atoms with Crippen molar-refractivity contribution in [1.82, 2.24) is 10.3 Å². The molecule has 1 N–H and O–H groups in total. The van der Waals surface area contributed by atoms with Gasteiger partial charge in [0.15, 0.2) is 10.8 Å². The first-order chi connectivity index (χ1) is 9.70. The summed E-state index contributed by atoms with van der Waals surface area (Å²) in [4.78, 5) is 16.3. The molecule has 2 aromatic rings. The molecule has 0 radical (unpaired) electrons. The van der Waals surface area contributed by atoms with Crippen molar-refractivity contribution >= 4 is 29.0 Å². The summed E-state index contributed by atoms with van der Waals surface area (Å²) in [6, 6.07) is 3.75. The number of amides is 1. The van der Waals surface area contributed by atoms with Crippen LogP contribution in [0.3, 0.4) is 0 Å². The molecular formula is C14H18N2O2S2. The summed E-state index contributed by atoms with van der Waals surface area (Å²) in [5.74, 6) is 1.62. The van der Waals surface area contributed by atoms with Crippen molar-refractivity contribution < 1.29 is 9.21 Å².